The van der Waals surface area contributed by atoms with E-state index in [1.807, 2.05) is 0 Å². The summed E-state index contributed by atoms with van der Waals surface area (Å²) in [5.41, 5.74) is 0. The lowest BCUT2D eigenvalue weighted by Crippen LogP contribution is -2.08. The van der Waals surface area contributed by atoms with Gasteiger partial charge in [0, 0.05) is 11.0 Å². The van der Waals surface area contributed by atoms with Gasteiger partial charge in [-0.3, -0.25) is 0 Å². The maximum atomic E-state index is 8.47. The smallest absolute Gasteiger partial charge is 0.0697 e. The maximum absolute atomic E-state index is 8.47. The summed E-state index contributed by atoms with van der Waals surface area (Å²) in [7, 11) is 0. The van der Waals surface area contributed by atoms with Gasteiger partial charge in [-0.05, 0) is 18.8 Å². The van der Waals surface area contributed by atoms with Crippen LogP contribution in [0.1, 0.15) is 26.2 Å². The first kappa shape index (κ1) is 12.7. The Morgan fingerprint density at radius 3 is 2.58 bits per heavy atom. The lowest BCUT2D eigenvalue weighted by molar-refractivity contribution is 0.0840. The van der Waals surface area contributed by atoms with Crippen molar-refractivity contribution in [2.24, 2.45) is 5.92 Å². The molecule has 12 heavy (non-hydrogen) atoms. The van der Waals surface area contributed by atoms with Gasteiger partial charge in [-0.25, -0.2) is 0 Å². The Balaban J connectivity index is 3.19. The zero-order valence-electron chi connectivity index (χ0n) is 7.76. The van der Waals surface area contributed by atoms with Gasteiger partial charge in [0.25, 0.3) is 0 Å². The Hall–Kier alpha value is 0.650. The molecule has 3 heteroatoms. The monoisotopic (exact) mass is 286 g/mol. The Kier molecular flexibility index (Phi) is 10.3. The van der Waals surface area contributed by atoms with E-state index in [0.29, 0.717) is 6.61 Å². The molecule has 0 aliphatic heterocycles. The first-order valence-electron chi connectivity index (χ1n) is 4.59. The number of hydrogen-bond donors (Lipinski definition) is 1. The van der Waals surface area contributed by atoms with Crippen LogP contribution in [0.5, 0.6) is 0 Å². The van der Waals surface area contributed by atoms with Crippen molar-refractivity contribution in [3.8, 4) is 0 Å². The number of halogens is 1. The van der Waals surface area contributed by atoms with Crippen molar-refractivity contribution < 1.29 is 9.84 Å². The topological polar surface area (TPSA) is 29.5 Å². The van der Waals surface area contributed by atoms with Crippen molar-refractivity contribution in [1.82, 2.24) is 0 Å². The van der Waals surface area contributed by atoms with Gasteiger partial charge < -0.3 is 9.84 Å². The molecule has 0 aromatic heterocycles. The highest BCUT2D eigenvalue weighted by atomic mass is 127. The summed E-state index contributed by atoms with van der Waals surface area (Å²) >= 11 is 2.43. The number of ether oxygens (including phenoxy) is 1. The van der Waals surface area contributed by atoms with E-state index in [4.69, 9.17) is 9.84 Å². The van der Waals surface area contributed by atoms with Crippen molar-refractivity contribution in [2.45, 2.75) is 26.2 Å². The van der Waals surface area contributed by atoms with Crippen molar-refractivity contribution in [3.05, 3.63) is 0 Å². The largest absolute Gasteiger partial charge is 0.394 e. The van der Waals surface area contributed by atoms with Crippen LogP contribution in [0.3, 0.4) is 0 Å². The molecule has 0 amide bonds. The second-order valence-corrected chi connectivity index (χ2v) is 3.81. The molecule has 0 aromatic rings. The number of aliphatic hydroxyl groups is 1. The molecule has 0 aliphatic carbocycles. The van der Waals surface area contributed by atoms with E-state index in [0.717, 1.165) is 18.9 Å². The normalized spacial score (nSPS) is 13.2. The Bertz CT molecular complexity index is 88.6. The Morgan fingerprint density at radius 2 is 2.08 bits per heavy atom. The molecule has 0 aromatic carbocycles. The van der Waals surface area contributed by atoms with E-state index in [1.54, 1.807) is 0 Å². The van der Waals surface area contributed by atoms with E-state index >= 15 is 0 Å². The third-order valence-electron chi connectivity index (χ3n) is 1.82. The fourth-order valence-electron chi connectivity index (χ4n) is 1.12. The standard InChI is InChI=1S/C9H19IO2/c1-2-3-9(8-10)4-6-12-7-5-11/h9,11H,2-8H2,1H3. The van der Waals surface area contributed by atoms with Crippen molar-refractivity contribution in [3.63, 3.8) is 0 Å². The summed E-state index contributed by atoms with van der Waals surface area (Å²) in [5, 5.41) is 8.47. The van der Waals surface area contributed by atoms with Crippen LogP contribution in [-0.2, 0) is 4.74 Å². The minimum absolute atomic E-state index is 0.142. The second-order valence-electron chi connectivity index (χ2n) is 2.93. The molecule has 2 nitrogen and oxygen atoms in total. The van der Waals surface area contributed by atoms with Crippen LogP contribution in [0.4, 0.5) is 0 Å². The fourth-order valence-corrected chi connectivity index (χ4v) is 2.00. The number of aliphatic hydroxyl groups excluding tert-OH is 1. The van der Waals surface area contributed by atoms with Crippen molar-refractivity contribution in [1.29, 1.82) is 0 Å². The van der Waals surface area contributed by atoms with Crippen LogP contribution in [0.2, 0.25) is 0 Å². The zero-order chi connectivity index (χ0) is 9.23. The average Bonchev–Trinajstić information content (AvgIpc) is 2.10. The molecule has 0 heterocycles. The minimum atomic E-state index is 0.142. The molecule has 1 atom stereocenters. The molecule has 0 saturated carbocycles. The lowest BCUT2D eigenvalue weighted by atomic mass is 10.0. The number of alkyl halides is 1. The van der Waals surface area contributed by atoms with Gasteiger partial charge in [-0.1, -0.05) is 35.9 Å². The second kappa shape index (κ2) is 9.74. The third kappa shape index (κ3) is 7.31. The molecule has 0 radical (unpaired) electrons. The van der Waals surface area contributed by atoms with Gasteiger partial charge in [-0.2, -0.15) is 0 Å². The summed E-state index contributed by atoms with van der Waals surface area (Å²) in [6, 6.07) is 0. The maximum Gasteiger partial charge on any atom is 0.0697 e. The molecule has 74 valence electrons. The summed E-state index contributed by atoms with van der Waals surface area (Å²) < 4.78 is 6.42. The van der Waals surface area contributed by atoms with Crippen molar-refractivity contribution >= 4 is 22.6 Å². The molecular weight excluding hydrogens is 267 g/mol. The van der Waals surface area contributed by atoms with Gasteiger partial charge in [0.15, 0.2) is 0 Å². The van der Waals surface area contributed by atoms with Gasteiger partial charge >= 0.3 is 0 Å². The summed E-state index contributed by atoms with van der Waals surface area (Å²) in [6.07, 6.45) is 3.69. The summed E-state index contributed by atoms with van der Waals surface area (Å²) in [6.45, 7) is 3.64. The Labute approximate surface area is 88.8 Å². The molecule has 0 spiro atoms. The minimum Gasteiger partial charge on any atom is -0.394 e. The number of hydrogen-bond acceptors (Lipinski definition) is 2. The average molecular weight is 286 g/mol. The van der Waals surface area contributed by atoms with Crippen LogP contribution in [-0.4, -0.2) is 29.4 Å². The quantitative estimate of drug-likeness (QED) is 0.421. The Morgan fingerprint density at radius 1 is 1.33 bits per heavy atom. The molecule has 0 fully saturated rings. The molecule has 0 aliphatic rings. The molecule has 1 N–H and O–H groups in total. The van der Waals surface area contributed by atoms with Crippen molar-refractivity contribution in [2.75, 3.05) is 24.2 Å². The van der Waals surface area contributed by atoms with Crippen LogP contribution in [0.25, 0.3) is 0 Å². The van der Waals surface area contributed by atoms with Gasteiger partial charge in [0.2, 0.25) is 0 Å². The predicted molar refractivity (Wildman–Crippen MR) is 59.8 cm³/mol. The van der Waals surface area contributed by atoms with E-state index in [-0.39, 0.29) is 6.61 Å². The van der Waals surface area contributed by atoms with Crippen LogP contribution >= 0.6 is 22.6 Å². The van der Waals surface area contributed by atoms with Crippen LogP contribution in [0, 0.1) is 5.92 Å². The fraction of sp³-hybridized carbons (Fsp3) is 1.00. The molecular formula is C9H19IO2. The first-order valence-corrected chi connectivity index (χ1v) is 6.12. The SMILES string of the molecule is CCCC(CI)CCOCCO. The highest BCUT2D eigenvalue weighted by Crippen LogP contribution is 2.13. The van der Waals surface area contributed by atoms with E-state index < -0.39 is 0 Å². The van der Waals surface area contributed by atoms with Gasteiger partial charge in [0.1, 0.15) is 0 Å². The van der Waals surface area contributed by atoms with Gasteiger partial charge in [-0.15, -0.1) is 0 Å². The molecule has 0 bridgehead atoms. The summed E-state index contributed by atoms with van der Waals surface area (Å²) in [5.74, 6) is 0.800. The third-order valence-corrected chi connectivity index (χ3v) is 3.07. The van der Waals surface area contributed by atoms with Crippen LogP contribution < -0.4 is 0 Å². The number of rotatable bonds is 8. The zero-order valence-corrected chi connectivity index (χ0v) is 9.92. The molecule has 0 saturated heterocycles. The van der Waals surface area contributed by atoms with E-state index in [9.17, 15) is 0 Å². The highest BCUT2D eigenvalue weighted by molar-refractivity contribution is 14.1. The highest BCUT2D eigenvalue weighted by Gasteiger charge is 2.04. The molecule has 0 rings (SSSR count). The van der Waals surface area contributed by atoms with E-state index in [2.05, 4.69) is 29.5 Å². The predicted octanol–water partition coefficient (Wildman–Crippen LogP) is 2.24. The summed E-state index contributed by atoms with van der Waals surface area (Å²) in [4.78, 5) is 0. The van der Waals surface area contributed by atoms with Crippen LogP contribution in [0.15, 0.2) is 0 Å². The van der Waals surface area contributed by atoms with E-state index in [1.165, 1.54) is 17.3 Å². The first-order chi connectivity index (χ1) is 5.85. The lowest BCUT2D eigenvalue weighted by Gasteiger charge is -2.12. The molecule has 1 unspecified atom stereocenters. The van der Waals surface area contributed by atoms with Gasteiger partial charge in [0.05, 0.1) is 13.2 Å².